The van der Waals surface area contributed by atoms with Crippen LogP contribution in [0.15, 0.2) is 62.0 Å². The molecule has 0 aliphatic heterocycles. The Hall–Kier alpha value is -1.00. The second-order valence-electron chi connectivity index (χ2n) is 3.11. The van der Waals surface area contributed by atoms with Gasteiger partial charge in [-0.1, -0.05) is 27.7 Å². The Labute approximate surface area is 117 Å². The molecule has 17 heavy (non-hydrogen) atoms. The third-order valence-corrected chi connectivity index (χ3v) is 3.51. The van der Waals surface area contributed by atoms with Crippen molar-refractivity contribution < 1.29 is 0 Å². The van der Waals surface area contributed by atoms with Gasteiger partial charge in [-0.3, -0.25) is 0 Å². The van der Waals surface area contributed by atoms with Crippen molar-refractivity contribution in [2.75, 3.05) is 0 Å². The van der Waals surface area contributed by atoms with Gasteiger partial charge in [0.25, 0.3) is 0 Å². The van der Waals surface area contributed by atoms with Crippen LogP contribution in [-0.4, -0.2) is 10.1 Å². The molecule has 0 N–H and O–H groups in total. The summed E-state index contributed by atoms with van der Waals surface area (Å²) < 4.78 is 1.07. The number of hydrogen-bond acceptors (Lipinski definition) is 4. The van der Waals surface area contributed by atoms with Crippen molar-refractivity contribution in [1.82, 2.24) is 4.98 Å². The number of benzene rings is 1. The van der Waals surface area contributed by atoms with Gasteiger partial charge in [-0.15, -0.1) is 0 Å². The second kappa shape index (κ2) is 6.07. The Bertz CT molecular complexity index is 546. The molecule has 2 nitrogen and oxygen atoms in total. The topological polar surface area (TPSA) is 25.2 Å². The second-order valence-corrected chi connectivity index (χ2v) is 5.31. The Morgan fingerprint density at radius 2 is 1.94 bits per heavy atom. The number of rotatable bonds is 3. The summed E-state index contributed by atoms with van der Waals surface area (Å²) in [6.45, 7) is 0. The molecule has 1 heterocycles. The van der Waals surface area contributed by atoms with E-state index >= 15 is 0 Å². The first-order chi connectivity index (χ1) is 8.28. The Morgan fingerprint density at radius 1 is 1.18 bits per heavy atom. The molecule has 0 bridgehead atoms. The van der Waals surface area contributed by atoms with Gasteiger partial charge in [0, 0.05) is 9.37 Å². The van der Waals surface area contributed by atoms with Gasteiger partial charge >= 0.3 is 0 Å². The third-order valence-electron chi connectivity index (χ3n) is 1.93. The van der Waals surface area contributed by atoms with Crippen molar-refractivity contribution in [3.05, 3.63) is 47.1 Å². The summed E-state index contributed by atoms with van der Waals surface area (Å²) in [5.74, 6) is 0. The van der Waals surface area contributed by atoms with Crippen LogP contribution in [0.4, 0.5) is 5.69 Å². The fourth-order valence-corrected chi connectivity index (χ4v) is 2.30. The van der Waals surface area contributed by atoms with Gasteiger partial charge in [-0.05, 0) is 48.6 Å². The summed E-state index contributed by atoms with van der Waals surface area (Å²) in [4.78, 5) is 9.28. The largest absolute Gasteiger partial charge is 0.247 e. The van der Waals surface area contributed by atoms with E-state index in [9.17, 15) is 0 Å². The van der Waals surface area contributed by atoms with Gasteiger partial charge in [0.1, 0.15) is 5.03 Å². The minimum absolute atomic E-state index is 0.722. The summed E-state index contributed by atoms with van der Waals surface area (Å²) >= 11 is 9.54. The summed E-state index contributed by atoms with van der Waals surface area (Å²) in [5, 5.41) is 3.24. The van der Waals surface area contributed by atoms with E-state index in [4.69, 9.17) is 0 Å². The monoisotopic (exact) mass is 322 g/mol. The highest BCUT2D eigenvalue weighted by molar-refractivity contribution is 9.10. The molecule has 0 unspecified atom stereocenters. The molecule has 1 aromatic heterocycles. The number of hydrogen-bond donors (Lipinski definition) is 0. The molecule has 0 amide bonds. The van der Waals surface area contributed by atoms with Crippen LogP contribution in [0.25, 0.3) is 0 Å². The van der Waals surface area contributed by atoms with E-state index in [-0.39, 0.29) is 0 Å². The molecular formula is C12H7BrN2S2. The average molecular weight is 323 g/mol. The zero-order chi connectivity index (χ0) is 12.1. The minimum atomic E-state index is 0.722. The fraction of sp³-hybridized carbons (Fsp3) is 0. The number of nitrogens with zero attached hydrogens (tertiary/aromatic N) is 2. The van der Waals surface area contributed by atoms with E-state index in [1.165, 1.54) is 0 Å². The lowest BCUT2D eigenvalue weighted by molar-refractivity contribution is 1.13. The summed E-state index contributed by atoms with van der Waals surface area (Å²) in [5.41, 5.74) is 0.722. The van der Waals surface area contributed by atoms with Crippen LogP contribution in [0.2, 0.25) is 0 Å². The molecule has 2 aromatic rings. The Kier molecular flexibility index (Phi) is 4.45. The van der Waals surface area contributed by atoms with Crippen molar-refractivity contribution >= 4 is 50.8 Å². The zero-order valence-corrected chi connectivity index (χ0v) is 11.8. The SMILES string of the molecule is S=C=Nc1ccc(Sc2ccc(Br)cc2)nc1. The molecular weight excluding hydrogens is 316 g/mol. The van der Waals surface area contributed by atoms with Crippen LogP contribution in [-0.2, 0) is 0 Å². The number of isothiocyanates is 1. The van der Waals surface area contributed by atoms with Crippen molar-refractivity contribution in [2.45, 2.75) is 9.92 Å². The van der Waals surface area contributed by atoms with Crippen molar-refractivity contribution in [3.8, 4) is 0 Å². The molecule has 5 heteroatoms. The number of aromatic nitrogens is 1. The smallest absolute Gasteiger partial charge is 0.101 e. The minimum Gasteiger partial charge on any atom is -0.247 e. The van der Waals surface area contributed by atoms with Crippen LogP contribution >= 0.6 is 39.9 Å². The van der Waals surface area contributed by atoms with Crippen LogP contribution < -0.4 is 0 Å². The normalized spacial score (nSPS) is 9.71. The Morgan fingerprint density at radius 3 is 2.53 bits per heavy atom. The van der Waals surface area contributed by atoms with Gasteiger partial charge < -0.3 is 0 Å². The molecule has 0 aliphatic carbocycles. The van der Waals surface area contributed by atoms with Gasteiger partial charge in [0.2, 0.25) is 0 Å². The highest BCUT2D eigenvalue weighted by Crippen LogP contribution is 2.27. The Balaban J connectivity index is 2.13. The fourth-order valence-electron chi connectivity index (χ4n) is 1.18. The predicted octanol–water partition coefficient (Wildman–Crippen LogP) is 4.73. The van der Waals surface area contributed by atoms with Gasteiger partial charge in [0.05, 0.1) is 17.0 Å². The van der Waals surface area contributed by atoms with Crippen LogP contribution in [0.1, 0.15) is 0 Å². The summed E-state index contributed by atoms with van der Waals surface area (Å²) in [6, 6.07) is 11.9. The maximum atomic E-state index is 4.53. The van der Waals surface area contributed by atoms with E-state index in [0.717, 1.165) is 20.1 Å². The van der Waals surface area contributed by atoms with Crippen LogP contribution in [0, 0.1) is 0 Å². The first-order valence-electron chi connectivity index (χ1n) is 4.75. The first-order valence-corrected chi connectivity index (χ1v) is 6.77. The van der Waals surface area contributed by atoms with E-state index < -0.39 is 0 Å². The van der Waals surface area contributed by atoms with E-state index in [1.54, 1.807) is 18.0 Å². The lowest BCUT2D eigenvalue weighted by Gasteiger charge is -2.00. The molecule has 0 radical (unpaired) electrons. The summed E-state index contributed by atoms with van der Waals surface area (Å²) in [7, 11) is 0. The molecule has 0 aliphatic rings. The molecule has 0 saturated carbocycles. The van der Waals surface area contributed by atoms with Crippen LogP contribution in [0.3, 0.4) is 0 Å². The standard InChI is InChI=1S/C12H7BrN2S2/c13-9-1-4-11(5-2-9)17-12-6-3-10(7-14-12)15-8-16/h1-7H. The average Bonchev–Trinajstić information content (AvgIpc) is 2.35. The van der Waals surface area contributed by atoms with E-state index in [1.807, 2.05) is 36.4 Å². The molecule has 2 rings (SSSR count). The lowest BCUT2D eigenvalue weighted by atomic mass is 10.4. The van der Waals surface area contributed by atoms with Crippen molar-refractivity contribution in [3.63, 3.8) is 0 Å². The zero-order valence-electron chi connectivity index (χ0n) is 8.63. The van der Waals surface area contributed by atoms with E-state index in [0.29, 0.717) is 0 Å². The molecule has 1 aromatic carbocycles. The lowest BCUT2D eigenvalue weighted by Crippen LogP contribution is -1.78. The van der Waals surface area contributed by atoms with Crippen LogP contribution in [0.5, 0.6) is 0 Å². The van der Waals surface area contributed by atoms with Gasteiger partial charge in [-0.25, -0.2) is 4.98 Å². The number of thiocarbonyl (C=S) groups is 1. The molecule has 0 atom stereocenters. The number of halogens is 1. The molecule has 0 spiro atoms. The molecule has 0 saturated heterocycles. The third kappa shape index (κ3) is 3.75. The highest BCUT2D eigenvalue weighted by Gasteiger charge is 1.99. The molecule has 0 fully saturated rings. The van der Waals surface area contributed by atoms with Crippen molar-refractivity contribution in [2.24, 2.45) is 4.99 Å². The molecule has 84 valence electrons. The summed E-state index contributed by atoms with van der Waals surface area (Å²) in [6.07, 6.45) is 1.68. The number of aliphatic imine (C=N–C) groups is 1. The highest BCUT2D eigenvalue weighted by atomic mass is 79.9. The quantitative estimate of drug-likeness (QED) is 0.603. The predicted molar refractivity (Wildman–Crippen MR) is 77.2 cm³/mol. The van der Waals surface area contributed by atoms with Gasteiger partial charge in [-0.2, -0.15) is 4.99 Å². The maximum Gasteiger partial charge on any atom is 0.101 e. The number of pyridine rings is 1. The first kappa shape index (κ1) is 12.5. The van der Waals surface area contributed by atoms with Gasteiger partial charge in [0.15, 0.2) is 0 Å². The maximum absolute atomic E-state index is 4.53. The van der Waals surface area contributed by atoms with E-state index in [2.05, 4.69) is 43.3 Å². The van der Waals surface area contributed by atoms with Crippen molar-refractivity contribution in [1.29, 1.82) is 0 Å².